The lowest BCUT2D eigenvalue weighted by atomic mass is 10.2. The molecule has 19 heavy (non-hydrogen) atoms. The predicted octanol–water partition coefficient (Wildman–Crippen LogP) is 2.05. The first-order valence-corrected chi connectivity index (χ1v) is 6.83. The van der Waals surface area contributed by atoms with Crippen LogP contribution in [0.2, 0.25) is 4.34 Å². The molecule has 4 N–H and O–H groups in total. The Kier molecular flexibility index (Phi) is 4.73. The van der Waals surface area contributed by atoms with E-state index in [0.29, 0.717) is 17.9 Å². The van der Waals surface area contributed by atoms with Crippen LogP contribution in [0.3, 0.4) is 0 Å². The zero-order chi connectivity index (χ0) is 13.7. The second kappa shape index (κ2) is 6.51. The van der Waals surface area contributed by atoms with Gasteiger partial charge in [0.15, 0.2) is 0 Å². The zero-order valence-electron chi connectivity index (χ0n) is 10.0. The van der Waals surface area contributed by atoms with Gasteiger partial charge in [-0.2, -0.15) is 0 Å². The number of thiophene rings is 1. The third-order valence-electron chi connectivity index (χ3n) is 2.46. The third-order valence-corrected chi connectivity index (χ3v) is 3.75. The summed E-state index contributed by atoms with van der Waals surface area (Å²) in [4.78, 5) is 16.9. The smallest absolute Gasteiger partial charge is 0.252 e. The molecule has 2 aromatic heterocycles. The van der Waals surface area contributed by atoms with Crippen LogP contribution in [-0.2, 0) is 6.42 Å². The highest BCUT2D eigenvalue weighted by atomic mass is 35.5. The number of aromatic nitrogens is 1. The molecule has 2 heterocycles. The number of nitrogen functional groups attached to an aromatic ring is 1. The number of nitrogens with one attached hydrogen (secondary N) is 2. The molecule has 7 heteroatoms. The molecule has 100 valence electrons. The number of hydrazine groups is 1. The SMILES string of the molecule is NNc1ccc(C(=O)NCCc2ccc(Cl)s2)cn1. The van der Waals surface area contributed by atoms with Gasteiger partial charge in [-0.3, -0.25) is 4.79 Å². The van der Waals surface area contributed by atoms with Crippen molar-refractivity contribution < 1.29 is 4.79 Å². The van der Waals surface area contributed by atoms with Gasteiger partial charge >= 0.3 is 0 Å². The Balaban J connectivity index is 1.83. The Hall–Kier alpha value is -1.63. The molecule has 0 spiro atoms. The van der Waals surface area contributed by atoms with Crippen LogP contribution in [0.1, 0.15) is 15.2 Å². The molecular weight excluding hydrogens is 284 g/mol. The van der Waals surface area contributed by atoms with Crippen LogP contribution in [-0.4, -0.2) is 17.4 Å². The van der Waals surface area contributed by atoms with Crippen molar-refractivity contribution in [3.8, 4) is 0 Å². The minimum absolute atomic E-state index is 0.154. The standard InChI is InChI=1S/C12H13ClN4OS/c13-10-3-2-9(19-10)5-6-15-12(18)8-1-4-11(17-14)16-7-8/h1-4,7H,5-6,14H2,(H,15,18)(H,16,17). The lowest BCUT2D eigenvalue weighted by Crippen LogP contribution is -2.25. The molecule has 0 aromatic carbocycles. The first-order valence-electron chi connectivity index (χ1n) is 5.64. The van der Waals surface area contributed by atoms with E-state index in [0.717, 1.165) is 15.6 Å². The first-order chi connectivity index (χ1) is 9.19. The molecule has 2 aromatic rings. The molecule has 0 aliphatic rings. The lowest BCUT2D eigenvalue weighted by molar-refractivity contribution is 0.0954. The van der Waals surface area contributed by atoms with E-state index in [1.165, 1.54) is 17.5 Å². The van der Waals surface area contributed by atoms with Crippen LogP contribution in [0.15, 0.2) is 30.5 Å². The Morgan fingerprint density at radius 2 is 2.21 bits per heavy atom. The van der Waals surface area contributed by atoms with Crippen molar-refractivity contribution in [3.63, 3.8) is 0 Å². The molecule has 1 amide bonds. The van der Waals surface area contributed by atoms with Crippen molar-refractivity contribution in [1.82, 2.24) is 10.3 Å². The zero-order valence-corrected chi connectivity index (χ0v) is 11.6. The molecule has 0 aliphatic heterocycles. The average molecular weight is 297 g/mol. The third kappa shape index (κ3) is 3.92. The number of pyridine rings is 1. The Morgan fingerprint density at radius 1 is 1.37 bits per heavy atom. The monoisotopic (exact) mass is 296 g/mol. The van der Waals surface area contributed by atoms with Crippen molar-refractivity contribution in [2.45, 2.75) is 6.42 Å². The maximum Gasteiger partial charge on any atom is 0.252 e. The highest BCUT2D eigenvalue weighted by molar-refractivity contribution is 7.16. The summed E-state index contributed by atoms with van der Waals surface area (Å²) < 4.78 is 0.760. The van der Waals surface area contributed by atoms with Crippen LogP contribution < -0.4 is 16.6 Å². The highest BCUT2D eigenvalue weighted by Gasteiger charge is 2.06. The number of nitrogens with zero attached hydrogens (tertiary/aromatic N) is 1. The Bertz CT molecular complexity index is 555. The topological polar surface area (TPSA) is 80.0 Å². The van der Waals surface area contributed by atoms with Crippen molar-refractivity contribution in [2.75, 3.05) is 12.0 Å². The van der Waals surface area contributed by atoms with Crippen LogP contribution >= 0.6 is 22.9 Å². The van der Waals surface area contributed by atoms with Gasteiger partial charge in [0.25, 0.3) is 5.91 Å². The van der Waals surface area contributed by atoms with Crippen LogP contribution in [0, 0.1) is 0 Å². The van der Waals surface area contributed by atoms with Gasteiger partial charge in [0.05, 0.1) is 9.90 Å². The van der Waals surface area contributed by atoms with Gasteiger partial charge in [-0.1, -0.05) is 11.6 Å². The van der Waals surface area contributed by atoms with E-state index in [1.54, 1.807) is 12.1 Å². The molecule has 0 bridgehead atoms. The number of carbonyl (C=O) groups is 1. The number of hydrogen-bond donors (Lipinski definition) is 3. The number of anilines is 1. The molecule has 0 fully saturated rings. The molecule has 2 rings (SSSR count). The van der Waals surface area contributed by atoms with E-state index in [4.69, 9.17) is 17.4 Å². The fourth-order valence-electron chi connectivity index (χ4n) is 1.50. The molecule has 0 saturated heterocycles. The molecule has 0 saturated carbocycles. The number of nitrogens with two attached hydrogens (primary N) is 1. The number of halogens is 1. The van der Waals surface area contributed by atoms with Crippen molar-refractivity contribution in [1.29, 1.82) is 0 Å². The Morgan fingerprint density at radius 3 is 2.79 bits per heavy atom. The largest absolute Gasteiger partial charge is 0.352 e. The maximum absolute atomic E-state index is 11.8. The number of rotatable bonds is 5. The minimum Gasteiger partial charge on any atom is -0.352 e. The van der Waals surface area contributed by atoms with E-state index < -0.39 is 0 Å². The van der Waals surface area contributed by atoms with E-state index in [9.17, 15) is 4.79 Å². The van der Waals surface area contributed by atoms with E-state index in [-0.39, 0.29) is 5.91 Å². The fraction of sp³-hybridized carbons (Fsp3) is 0.167. The van der Waals surface area contributed by atoms with Gasteiger partial charge in [0.2, 0.25) is 0 Å². The van der Waals surface area contributed by atoms with Gasteiger partial charge in [-0.05, 0) is 30.7 Å². The first kappa shape index (κ1) is 13.8. The number of carbonyl (C=O) groups excluding carboxylic acids is 1. The van der Waals surface area contributed by atoms with Crippen LogP contribution in [0.25, 0.3) is 0 Å². The minimum atomic E-state index is -0.154. The summed E-state index contributed by atoms with van der Waals surface area (Å²) in [6.07, 6.45) is 2.24. The van der Waals surface area contributed by atoms with E-state index >= 15 is 0 Å². The summed E-state index contributed by atoms with van der Waals surface area (Å²) >= 11 is 7.35. The molecule has 0 aliphatic carbocycles. The second-order valence-electron chi connectivity index (χ2n) is 3.79. The summed E-state index contributed by atoms with van der Waals surface area (Å²) in [7, 11) is 0. The van der Waals surface area contributed by atoms with E-state index in [1.807, 2.05) is 12.1 Å². The van der Waals surface area contributed by atoms with Gasteiger partial charge in [-0.25, -0.2) is 10.8 Å². The summed E-state index contributed by atoms with van der Waals surface area (Å²) in [5.74, 6) is 5.56. The van der Waals surface area contributed by atoms with Gasteiger partial charge in [0.1, 0.15) is 5.82 Å². The van der Waals surface area contributed by atoms with Crippen molar-refractivity contribution in [3.05, 3.63) is 45.2 Å². The maximum atomic E-state index is 11.8. The summed E-state index contributed by atoms with van der Waals surface area (Å²) in [6.45, 7) is 0.562. The van der Waals surface area contributed by atoms with Gasteiger partial charge in [-0.15, -0.1) is 11.3 Å². The summed E-state index contributed by atoms with van der Waals surface area (Å²) in [6, 6.07) is 7.13. The van der Waals surface area contributed by atoms with Gasteiger partial charge < -0.3 is 10.7 Å². The molecular formula is C12H13ClN4OS. The van der Waals surface area contributed by atoms with E-state index in [2.05, 4.69) is 15.7 Å². The lowest BCUT2D eigenvalue weighted by Gasteiger charge is -2.04. The van der Waals surface area contributed by atoms with Crippen molar-refractivity contribution >= 4 is 34.7 Å². The normalized spacial score (nSPS) is 10.2. The fourth-order valence-corrected chi connectivity index (χ4v) is 2.59. The molecule has 0 atom stereocenters. The highest BCUT2D eigenvalue weighted by Crippen LogP contribution is 2.21. The summed E-state index contributed by atoms with van der Waals surface area (Å²) in [5.41, 5.74) is 2.91. The Labute approximate surface area is 119 Å². The quantitative estimate of drug-likeness (QED) is 0.583. The van der Waals surface area contributed by atoms with Crippen molar-refractivity contribution in [2.24, 2.45) is 5.84 Å². The molecule has 5 nitrogen and oxygen atoms in total. The molecule has 0 unspecified atom stereocenters. The van der Waals surface area contributed by atoms with Crippen LogP contribution in [0.5, 0.6) is 0 Å². The second-order valence-corrected chi connectivity index (χ2v) is 5.59. The molecule has 0 radical (unpaired) electrons. The van der Waals surface area contributed by atoms with Crippen LogP contribution in [0.4, 0.5) is 5.82 Å². The summed E-state index contributed by atoms with van der Waals surface area (Å²) in [5, 5.41) is 2.83. The number of amides is 1. The average Bonchev–Trinajstić information content (AvgIpc) is 2.84. The number of hydrogen-bond acceptors (Lipinski definition) is 5. The van der Waals surface area contributed by atoms with Gasteiger partial charge in [0, 0.05) is 17.6 Å². The predicted molar refractivity (Wildman–Crippen MR) is 77.4 cm³/mol.